The molecule has 13 heteroatoms. The lowest BCUT2D eigenvalue weighted by atomic mass is 10.1. The van der Waals surface area contributed by atoms with Gasteiger partial charge in [-0.05, 0) is 79.4 Å². The molecule has 0 atom stereocenters. The Morgan fingerprint density at radius 2 is 1.57 bits per heavy atom. The smallest absolute Gasteiger partial charge is 0.261 e. The first-order valence-electron chi connectivity index (χ1n) is 12.5. The predicted molar refractivity (Wildman–Crippen MR) is 152 cm³/mol. The van der Waals surface area contributed by atoms with E-state index in [1.165, 1.54) is 47.8 Å². The molecule has 3 aromatic carbocycles. The van der Waals surface area contributed by atoms with Gasteiger partial charge in [0.05, 0.1) is 27.6 Å². The number of nitrogens with one attached hydrogen (secondary N) is 2. The fourth-order valence-corrected chi connectivity index (χ4v) is 6.94. The van der Waals surface area contributed by atoms with Crippen molar-refractivity contribution in [3.8, 4) is 11.5 Å². The Morgan fingerprint density at radius 1 is 0.925 bits per heavy atom. The van der Waals surface area contributed by atoms with Gasteiger partial charge in [0.25, 0.3) is 15.9 Å². The third kappa shape index (κ3) is 7.45. The molecule has 1 fully saturated rings. The van der Waals surface area contributed by atoms with Gasteiger partial charge in [0.15, 0.2) is 6.61 Å². The number of benzene rings is 3. The van der Waals surface area contributed by atoms with E-state index in [9.17, 15) is 21.6 Å². The molecule has 40 heavy (non-hydrogen) atoms. The van der Waals surface area contributed by atoms with Crippen LogP contribution in [0.15, 0.2) is 76.5 Å². The second kappa shape index (κ2) is 12.9. The van der Waals surface area contributed by atoms with E-state index >= 15 is 0 Å². The summed E-state index contributed by atoms with van der Waals surface area (Å²) >= 11 is 6.06. The molecular weight excluding hydrogens is 578 g/mol. The Bertz CT molecular complexity index is 1540. The van der Waals surface area contributed by atoms with Crippen molar-refractivity contribution in [1.29, 1.82) is 0 Å². The van der Waals surface area contributed by atoms with Crippen molar-refractivity contribution in [3.05, 3.63) is 77.3 Å². The summed E-state index contributed by atoms with van der Waals surface area (Å²) in [6, 6.07) is 16.9. The second-order valence-electron chi connectivity index (χ2n) is 9.07. The van der Waals surface area contributed by atoms with Crippen molar-refractivity contribution in [1.82, 2.24) is 9.62 Å². The normalized spacial score (nSPS) is 14.1. The number of nitrogens with zero attached hydrogens (tertiary/aromatic N) is 1. The van der Waals surface area contributed by atoms with Gasteiger partial charge in [-0.1, -0.05) is 23.7 Å². The van der Waals surface area contributed by atoms with Gasteiger partial charge in [-0.25, -0.2) is 16.8 Å². The predicted octanol–water partition coefficient (Wildman–Crippen LogP) is 3.67. The van der Waals surface area contributed by atoms with Crippen LogP contribution in [0.4, 0.5) is 5.69 Å². The maximum Gasteiger partial charge on any atom is 0.261 e. The van der Waals surface area contributed by atoms with Crippen molar-refractivity contribution in [2.24, 2.45) is 0 Å². The Hall–Kier alpha value is -3.32. The molecular formula is C27H30ClN3O7S2. The number of carbonyl (C=O) groups is 1. The highest BCUT2D eigenvalue weighted by molar-refractivity contribution is 7.92. The molecule has 0 bridgehead atoms. The number of ether oxygens (including phenoxy) is 2. The van der Waals surface area contributed by atoms with E-state index in [0.29, 0.717) is 37.6 Å². The molecule has 3 aromatic rings. The maximum atomic E-state index is 12.7. The Kier molecular flexibility index (Phi) is 9.56. The molecule has 10 nitrogen and oxygen atoms in total. The van der Waals surface area contributed by atoms with Crippen LogP contribution in [-0.4, -0.2) is 60.4 Å². The summed E-state index contributed by atoms with van der Waals surface area (Å²) < 4.78 is 65.1. The van der Waals surface area contributed by atoms with Crippen LogP contribution in [0.5, 0.6) is 11.5 Å². The number of hydrogen-bond acceptors (Lipinski definition) is 7. The summed E-state index contributed by atoms with van der Waals surface area (Å²) in [5, 5.41) is 3.02. The molecule has 0 unspecified atom stereocenters. The topological polar surface area (TPSA) is 131 Å². The van der Waals surface area contributed by atoms with E-state index in [2.05, 4.69) is 10.0 Å². The van der Waals surface area contributed by atoms with Crippen LogP contribution in [0.3, 0.4) is 0 Å². The zero-order valence-electron chi connectivity index (χ0n) is 21.8. The van der Waals surface area contributed by atoms with Crippen LogP contribution >= 0.6 is 11.6 Å². The van der Waals surface area contributed by atoms with Gasteiger partial charge in [-0.3, -0.25) is 9.52 Å². The standard InChI is InChI=1S/C27H30ClN3O7S2/c1-37-26-13-6-21(18-25(26)28)30-39(33,34)23-11-7-22(8-12-23)38-19-27(32)29-15-14-20-4-9-24(10-5-20)40(35,36)31-16-2-3-17-31/h4-13,18,30H,2-3,14-17,19H2,1H3,(H,29,32). The van der Waals surface area contributed by atoms with Gasteiger partial charge >= 0.3 is 0 Å². The van der Waals surface area contributed by atoms with Gasteiger partial charge < -0.3 is 14.8 Å². The first-order chi connectivity index (χ1) is 19.1. The number of rotatable bonds is 12. The Labute approximate surface area is 239 Å². The Morgan fingerprint density at radius 3 is 2.20 bits per heavy atom. The molecule has 1 aliphatic rings. The molecule has 1 aliphatic heterocycles. The molecule has 1 amide bonds. The van der Waals surface area contributed by atoms with Crippen molar-refractivity contribution in [2.45, 2.75) is 29.1 Å². The van der Waals surface area contributed by atoms with Crippen LogP contribution in [0.2, 0.25) is 5.02 Å². The maximum absolute atomic E-state index is 12.7. The number of anilines is 1. The number of hydrogen-bond donors (Lipinski definition) is 2. The van der Waals surface area contributed by atoms with E-state index in [1.807, 2.05) is 0 Å². The number of carbonyl (C=O) groups excluding carboxylic acids is 1. The van der Waals surface area contributed by atoms with Crippen LogP contribution < -0.4 is 19.5 Å². The SMILES string of the molecule is COc1ccc(NS(=O)(=O)c2ccc(OCC(=O)NCCc3ccc(S(=O)(=O)N4CCCC4)cc3)cc2)cc1Cl. The summed E-state index contributed by atoms with van der Waals surface area (Å²) in [5.74, 6) is 0.411. The molecule has 0 aromatic heterocycles. The van der Waals surface area contributed by atoms with Gasteiger partial charge in [0, 0.05) is 19.6 Å². The van der Waals surface area contributed by atoms with Crippen LogP contribution in [-0.2, 0) is 31.3 Å². The highest BCUT2D eigenvalue weighted by Gasteiger charge is 2.26. The largest absolute Gasteiger partial charge is 0.495 e. The number of amides is 1. The van der Waals surface area contributed by atoms with Crippen LogP contribution in [0.1, 0.15) is 18.4 Å². The summed E-state index contributed by atoms with van der Waals surface area (Å²) in [4.78, 5) is 12.5. The minimum absolute atomic E-state index is 0.00971. The highest BCUT2D eigenvalue weighted by atomic mass is 35.5. The molecule has 1 saturated heterocycles. The fraction of sp³-hybridized carbons (Fsp3) is 0.296. The summed E-state index contributed by atoms with van der Waals surface area (Å²) in [6.07, 6.45) is 2.29. The van der Waals surface area contributed by atoms with E-state index < -0.39 is 20.0 Å². The average Bonchev–Trinajstić information content (AvgIpc) is 3.49. The zero-order chi connectivity index (χ0) is 28.8. The van der Waals surface area contributed by atoms with Crippen LogP contribution in [0.25, 0.3) is 0 Å². The zero-order valence-corrected chi connectivity index (χ0v) is 24.2. The first-order valence-corrected chi connectivity index (χ1v) is 15.8. The third-order valence-corrected chi connectivity index (χ3v) is 9.88. The molecule has 1 heterocycles. The lowest BCUT2D eigenvalue weighted by Gasteiger charge is -2.15. The number of sulfonamides is 2. The van der Waals surface area contributed by atoms with Crippen molar-refractivity contribution in [3.63, 3.8) is 0 Å². The first kappa shape index (κ1) is 29.7. The number of methoxy groups -OCH3 is 1. The molecule has 0 spiro atoms. The lowest BCUT2D eigenvalue weighted by molar-refractivity contribution is -0.123. The van der Waals surface area contributed by atoms with Gasteiger partial charge in [-0.2, -0.15) is 4.31 Å². The lowest BCUT2D eigenvalue weighted by Crippen LogP contribution is -2.30. The van der Waals surface area contributed by atoms with Crippen molar-refractivity contribution >= 4 is 43.2 Å². The molecule has 214 valence electrons. The van der Waals surface area contributed by atoms with Crippen molar-refractivity contribution < 1.29 is 31.1 Å². The van der Waals surface area contributed by atoms with Gasteiger partial charge in [0.2, 0.25) is 10.0 Å². The molecule has 0 aliphatic carbocycles. The molecule has 0 saturated carbocycles. The summed E-state index contributed by atoms with van der Waals surface area (Å²) in [7, 11) is -5.86. The summed E-state index contributed by atoms with van der Waals surface area (Å²) in [6.45, 7) is 1.21. The van der Waals surface area contributed by atoms with E-state index in [4.69, 9.17) is 21.1 Å². The quantitative estimate of drug-likeness (QED) is 0.321. The highest BCUT2D eigenvalue weighted by Crippen LogP contribution is 2.28. The van der Waals surface area contributed by atoms with Crippen molar-refractivity contribution in [2.75, 3.05) is 38.1 Å². The molecule has 2 N–H and O–H groups in total. The second-order valence-corrected chi connectivity index (χ2v) is 13.1. The van der Waals surface area contributed by atoms with E-state index in [1.54, 1.807) is 30.3 Å². The van der Waals surface area contributed by atoms with Crippen LogP contribution in [0, 0.1) is 0 Å². The van der Waals surface area contributed by atoms with Gasteiger partial charge in [-0.15, -0.1) is 0 Å². The Balaban J connectivity index is 1.22. The minimum atomic E-state index is -3.87. The van der Waals surface area contributed by atoms with E-state index in [0.717, 1.165) is 18.4 Å². The third-order valence-electron chi connectivity index (χ3n) is 6.27. The minimum Gasteiger partial charge on any atom is -0.495 e. The van der Waals surface area contributed by atoms with Gasteiger partial charge in [0.1, 0.15) is 11.5 Å². The monoisotopic (exact) mass is 607 g/mol. The van der Waals surface area contributed by atoms with E-state index in [-0.39, 0.29) is 33.0 Å². The molecule has 4 rings (SSSR count). The summed E-state index contributed by atoms with van der Waals surface area (Å²) in [5.41, 5.74) is 1.18. The average molecular weight is 608 g/mol. The fourth-order valence-electron chi connectivity index (χ4n) is 4.11. The molecule has 0 radical (unpaired) electrons. The number of halogens is 1.